The van der Waals surface area contributed by atoms with Crippen molar-refractivity contribution in [3.63, 3.8) is 0 Å². The maximum absolute atomic E-state index is 5.18. The molecule has 0 spiro atoms. The van der Waals surface area contributed by atoms with E-state index in [2.05, 4.69) is 29.4 Å². The first-order valence-corrected chi connectivity index (χ1v) is 6.14. The molecule has 2 heterocycles. The van der Waals surface area contributed by atoms with Gasteiger partial charge in [0, 0.05) is 30.4 Å². The van der Waals surface area contributed by atoms with Crippen molar-refractivity contribution in [2.24, 2.45) is 7.05 Å². The SMILES string of the molecule is Cc1cc(CNC(C)c2c(C)nn(C)c2C)on1. The summed E-state index contributed by atoms with van der Waals surface area (Å²) in [6, 6.07) is 2.19. The van der Waals surface area contributed by atoms with Crippen LogP contribution in [0.4, 0.5) is 0 Å². The molecule has 0 saturated carbocycles. The van der Waals surface area contributed by atoms with Gasteiger partial charge in [0.2, 0.25) is 0 Å². The monoisotopic (exact) mass is 248 g/mol. The highest BCUT2D eigenvalue weighted by molar-refractivity contribution is 5.27. The molecule has 1 atom stereocenters. The molecular formula is C13H20N4O. The number of nitrogens with zero attached hydrogens (tertiary/aromatic N) is 3. The number of hydrogen-bond acceptors (Lipinski definition) is 4. The fraction of sp³-hybridized carbons (Fsp3) is 0.538. The minimum Gasteiger partial charge on any atom is -0.360 e. The summed E-state index contributed by atoms with van der Waals surface area (Å²) < 4.78 is 7.10. The third kappa shape index (κ3) is 2.46. The van der Waals surface area contributed by atoms with Crippen LogP contribution in [0.2, 0.25) is 0 Å². The third-order valence-electron chi connectivity index (χ3n) is 3.26. The molecule has 0 bridgehead atoms. The largest absolute Gasteiger partial charge is 0.360 e. The van der Waals surface area contributed by atoms with Crippen LogP contribution in [0.1, 0.15) is 41.4 Å². The number of aryl methyl sites for hydroxylation is 3. The van der Waals surface area contributed by atoms with Crippen LogP contribution >= 0.6 is 0 Å². The first-order chi connectivity index (χ1) is 8.49. The van der Waals surface area contributed by atoms with E-state index in [1.54, 1.807) is 0 Å². The van der Waals surface area contributed by atoms with E-state index < -0.39 is 0 Å². The molecule has 0 radical (unpaired) electrons. The Balaban J connectivity index is 2.05. The number of aromatic nitrogens is 3. The molecule has 0 aliphatic carbocycles. The van der Waals surface area contributed by atoms with E-state index in [1.165, 1.54) is 11.3 Å². The summed E-state index contributed by atoms with van der Waals surface area (Å²) in [6.07, 6.45) is 0. The van der Waals surface area contributed by atoms with Gasteiger partial charge in [0.25, 0.3) is 0 Å². The van der Waals surface area contributed by atoms with Gasteiger partial charge in [0.1, 0.15) is 0 Å². The maximum Gasteiger partial charge on any atom is 0.150 e. The first kappa shape index (κ1) is 12.8. The van der Waals surface area contributed by atoms with Crippen LogP contribution in [0.15, 0.2) is 10.6 Å². The Morgan fingerprint density at radius 1 is 1.39 bits per heavy atom. The molecule has 5 nitrogen and oxygen atoms in total. The van der Waals surface area contributed by atoms with E-state index in [4.69, 9.17) is 4.52 Å². The van der Waals surface area contributed by atoms with Crippen LogP contribution in [0.3, 0.4) is 0 Å². The van der Waals surface area contributed by atoms with Crippen molar-refractivity contribution in [2.75, 3.05) is 0 Å². The molecule has 2 rings (SSSR count). The molecule has 5 heteroatoms. The molecule has 2 aromatic rings. The zero-order valence-electron chi connectivity index (χ0n) is 11.6. The summed E-state index contributed by atoms with van der Waals surface area (Å²) in [6.45, 7) is 8.87. The van der Waals surface area contributed by atoms with Gasteiger partial charge >= 0.3 is 0 Å². The fourth-order valence-electron chi connectivity index (χ4n) is 2.27. The Morgan fingerprint density at radius 2 is 2.11 bits per heavy atom. The summed E-state index contributed by atoms with van der Waals surface area (Å²) in [7, 11) is 1.97. The van der Waals surface area contributed by atoms with Crippen molar-refractivity contribution >= 4 is 0 Å². The summed E-state index contributed by atoms with van der Waals surface area (Å²) in [5, 5.41) is 11.7. The van der Waals surface area contributed by atoms with Gasteiger partial charge in [-0.3, -0.25) is 4.68 Å². The van der Waals surface area contributed by atoms with E-state index in [0.29, 0.717) is 6.54 Å². The standard InChI is InChI=1S/C13H20N4O/c1-8-6-12(18-16-8)7-14-9(2)13-10(3)15-17(5)11(13)4/h6,9,14H,7H2,1-5H3. The predicted molar refractivity (Wildman–Crippen MR) is 69.2 cm³/mol. The summed E-state index contributed by atoms with van der Waals surface area (Å²) in [4.78, 5) is 0. The van der Waals surface area contributed by atoms with Crippen molar-refractivity contribution in [3.8, 4) is 0 Å². The highest BCUT2D eigenvalue weighted by Gasteiger charge is 2.16. The molecule has 0 saturated heterocycles. The van der Waals surface area contributed by atoms with Gasteiger partial charge in [-0.05, 0) is 27.7 Å². The lowest BCUT2D eigenvalue weighted by molar-refractivity contribution is 0.363. The van der Waals surface area contributed by atoms with E-state index in [1.807, 2.05) is 31.6 Å². The Bertz CT molecular complexity index is 541. The molecule has 98 valence electrons. The van der Waals surface area contributed by atoms with Gasteiger partial charge in [-0.15, -0.1) is 0 Å². The second-order valence-electron chi connectivity index (χ2n) is 4.75. The Kier molecular flexibility index (Phi) is 3.52. The molecule has 0 aromatic carbocycles. The van der Waals surface area contributed by atoms with Crippen molar-refractivity contribution in [1.29, 1.82) is 0 Å². The van der Waals surface area contributed by atoms with Crippen molar-refractivity contribution < 1.29 is 4.52 Å². The molecule has 0 aliphatic heterocycles. The minimum atomic E-state index is 0.240. The van der Waals surface area contributed by atoms with Gasteiger partial charge in [-0.2, -0.15) is 5.10 Å². The second kappa shape index (κ2) is 4.94. The highest BCUT2D eigenvalue weighted by Crippen LogP contribution is 2.21. The molecule has 2 aromatic heterocycles. The Labute approximate surface area is 107 Å². The average Bonchev–Trinajstić information content (AvgIpc) is 2.82. The van der Waals surface area contributed by atoms with Crippen LogP contribution in [0.5, 0.6) is 0 Å². The fourth-order valence-corrected chi connectivity index (χ4v) is 2.27. The molecule has 0 amide bonds. The van der Waals surface area contributed by atoms with E-state index in [9.17, 15) is 0 Å². The van der Waals surface area contributed by atoms with Crippen molar-refractivity contribution in [1.82, 2.24) is 20.3 Å². The summed E-state index contributed by atoms with van der Waals surface area (Å²) in [5.74, 6) is 0.860. The first-order valence-electron chi connectivity index (χ1n) is 6.14. The molecule has 1 unspecified atom stereocenters. The normalized spacial score (nSPS) is 12.9. The molecule has 0 fully saturated rings. The quantitative estimate of drug-likeness (QED) is 0.901. The molecule has 1 N–H and O–H groups in total. The molecule has 18 heavy (non-hydrogen) atoms. The van der Waals surface area contributed by atoms with Gasteiger partial charge in [-0.25, -0.2) is 0 Å². The van der Waals surface area contributed by atoms with Crippen LogP contribution in [0, 0.1) is 20.8 Å². The van der Waals surface area contributed by atoms with Crippen molar-refractivity contribution in [2.45, 2.75) is 40.3 Å². The minimum absolute atomic E-state index is 0.240. The summed E-state index contributed by atoms with van der Waals surface area (Å²) in [5.41, 5.74) is 4.44. The molecular weight excluding hydrogens is 228 g/mol. The Hall–Kier alpha value is -1.62. The highest BCUT2D eigenvalue weighted by atomic mass is 16.5. The number of hydrogen-bond donors (Lipinski definition) is 1. The zero-order valence-corrected chi connectivity index (χ0v) is 11.6. The lowest BCUT2D eigenvalue weighted by Gasteiger charge is -2.13. The van der Waals surface area contributed by atoms with Gasteiger partial charge in [-0.1, -0.05) is 5.16 Å². The lowest BCUT2D eigenvalue weighted by Crippen LogP contribution is -2.19. The van der Waals surface area contributed by atoms with Crippen LogP contribution in [-0.2, 0) is 13.6 Å². The lowest BCUT2D eigenvalue weighted by atomic mass is 10.1. The third-order valence-corrected chi connectivity index (χ3v) is 3.26. The van der Waals surface area contributed by atoms with Crippen LogP contribution in [-0.4, -0.2) is 14.9 Å². The van der Waals surface area contributed by atoms with Crippen LogP contribution in [0.25, 0.3) is 0 Å². The summed E-state index contributed by atoms with van der Waals surface area (Å²) >= 11 is 0. The van der Waals surface area contributed by atoms with Gasteiger partial charge in [0.05, 0.1) is 17.9 Å². The van der Waals surface area contributed by atoms with E-state index in [-0.39, 0.29) is 6.04 Å². The Morgan fingerprint density at radius 3 is 2.61 bits per heavy atom. The topological polar surface area (TPSA) is 55.9 Å². The van der Waals surface area contributed by atoms with Gasteiger partial charge < -0.3 is 9.84 Å². The molecule has 0 aliphatic rings. The average molecular weight is 248 g/mol. The number of rotatable bonds is 4. The predicted octanol–water partition coefficient (Wildman–Crippen LogP) is 2.18. The maximum atomic E-state index is 5.18. The smallest absolute Gasteiger partial charge is 0.150 e. The van der Waals surface area contributed by atoms with E-state index in [0.717, 1.165) is 17.1 Å². The van der Waals surface area contributed by atoms with Crippen LogP contribution < -0.4 is 5.32 Å². The zero-order chi connectivity index (χ0) is 13.3. The van der Waals surface area contributed by atoms with Crippen molar-refractivity contribution in [3.05, 3.63) is 34.5 Å². The van der Waals surface area contributed by atoms with E-state index >= 15 is 0 Å². The number of nitrogens with one attached hydrogen (secondary N) is 1. The van der Waals surface area contributed by atoms with Gasteiger partial charge in [0.15, 0.2) is 5.76 Å². The second-order valence-corrected chi connectivity index (χ2v) is 4.75.